The van der Waals surface area contributed by atoms with E-state index in [2.05, 4.69) is 26.1 Å². The molecule has 8 heteroatoms. The molecule has 0 saturated carbocycles. The zero-order valence-electron chi connectivity index (χ0n) is 7.77. The highest BCUT2D eigenvalue weighted by Gasteiger charge is 2.19. The molecule has 0 aromatic rings. The first kappa shape index (κ1) is 10.8. The lowest BCUT2D eigenvalue weighted by Crippen LogP contribution is -2.60. The SMILES string of the molecule is CC1=CNC(NN)NC1OCN=[N+]=[N-]. The fourth-order valence-corrected chi connectivity index (χ4v) is 1.03. The van der Waals surface area contributed by atoms with Gasteiger partial charge in [-0.3, -0.25) is 11.2 Å². The molecule has 0 amide bonds. The maximum Gasteiger partial charge on any atom is 0.146 e. The fourth-order valence-electron chi connectivity index (χ4n) is 1.03. The molecule has 1 rings (SSSR count). The monoisotopic (exact) mass is 199 g/mol. The molecular weight excluding hydrogens is 186 g/mol. The van der Waals surface area contributed by atoms with Gasteiger partial charge in [-0.05, 0) is 18.0 Å². The number of azide groups is 1. The second-order valence-electron chi connectivity index (χ2n) is 2.73. The molecule has 0 fully saturated rings. The normalized spacial score (nSPS) is 26.0. The summed E-state index contributed by atoms with van der Waals surface area (Å²) in [5.74, 6) is 5.22. The molecular formula is C6H13N7O. The summed E-state index contributed by atoms with van der Waals surface area (Å²) >= 11 is 0. The number of rotatable bonds is 4. The zero-order valence-corrected chi connectivity index (χ0v) is 7.77. The Labute approximate surface area is 81.1 Å². The van der Waals surface area contributed by atoms with Crippen molar-refractivity contribution in [2.24, 2.45) is 11.0 Å². The average molecular weight is 199 g/mol. The first-order valence-electron chi connectivity index (χ1n) is 4.05. The van der Waals surface area contributed by atoms with Gasteiger partial charge >= 0.3 is 0 Å². The van der Waals surface area contributed by atoms with Crippen molar-refractivity contribution in [3.63, 3.8) is 0 Å². The van der Waals surface area contributed by atoms with Gasteiger partial charge in [0.1, 0.15) is 19.2 Å². The van der Waals surface area contributed by atoms with Crippen LogP contribution in [0.3, 0.4) is 0 Å². The Morgan fingerprint density at radius 2 is 2.64 bits per heavy atom. The van der Waals surface area contributed by atoms with E-state index in [1.54, 1.807) is 6.20 Å². The van der Waals surface area contributed by atoms with Crippen LogP contribution in [0.15, 0.2) is 16.9 Å². The topological polar surface area (TPSA) is 120 Å². The van der Waals surface area contributed by atoms with Crippen LogP contribution >= 0.6 is 0 Å². The lowest BCUT2D eigenvalue weighted by atomic mass is 10.2. The van der Waals surface area contributed by atoms with E-state index in [0.717, 1.165) is 5.57 Å². The molecule has 14 heavy (non-hydrogen) atoms. The molecule has 0 aromatic carbocycles. The third kappa shape index (κ3) is 2.87. The van der Waals surface area contributed by atoms with Crippen molar-refractivity contribution in [1.82, 2.24) is 16.1 Å². The van der Waals surface area contributed by atoms with Gasteiger partial charge in [0.2, 0.25) is 0 Å². The molecule has 0 aromatic heterocycles. The largest absolute Gasteiger partial charge is 0.363 e. The summed E-state index contributed by atoms with van der Waals surface area (Å²) < 4.78 is 5.23. The van der Waals surface area contributed by atoms with Gasteiger partial charge in [0, 0.05) is 11.1 Å². The Kier molecular flexibility index (Phi) is 4.17. The standard InChI is InChI=1S/C6H13N7O/c1-4-2-9-6(12-7)11-5(4)14-3-10-13-8/h2,5-6,9,11-12H,3,7H2,1H3. The molecule has 0 bridgehead atoms. The smallest absolute Gasteiger partial charge is 0.146 e. The predicted molar refractivity (Wildman–Crippen MR) is 50.0 cm³/mol. The molecule has 2 unspecified atom stereocenters. The van der Waals surface area contributed by atoms with E-state index < -0.39 is 0 Å². The van der Waals surface area contributed by atoms with Crippen molar-refractivity contribution in [2.75, 3.05) is 6.73 Å². The van der Waals surface area contributed by atoms with E-state index in [-0.39, 0.29) is 19.2 Å². The van der Waals surface area contributed by atoms with Crippen molar-refractivity contribution in [3.8, 4) is 0 Å². The van der Waals surface area contributed by atoms with Crippen molar-refractivity contribution in [2.45, 2.75) is 19.4 Å². The molecule has 0 radical (unpaired) electrons. The number of nitrogens with one attached hydrogen (secondary N) is 3. The van der Waals surface area contributed by atoms with Crippen molar-refractivity contribution in [3.05, 3.63) is 22.2 Å². The van der Waals surface area contributed by atoms with Crippen LogP contribution in [0.1, 0.15) is 6.92 Å². The Morgan fingerprint density at radius 1 is 1.86 bits per heavy atom. The lowest BCUT2D eigenvalue weighted by Gasteiger charge is -2.30. The summed E-state index contributed by atoms with van der Waals surface area (Å²) in [5.41, 5.74) is 11.5. The second kappa shape index (κ2) is 5.43. The highest BCUT2D eigenvalue weighted by Crippen LogP contribution is 2.06. The maximum atomic E-state index is 8.06. The zero-order chi connectivity index (χ0) is 10.4. The molecule has 1 aliphatic heterocycles. The van der Waals surface area contributed by atoms with Crippen LogP contribution in [0.4, 0.5) is 0 Å². The minimum atomic E-state index is -0.303. The van der Waals surface area contributed by atoms with Crippen LogP contribution < -0.4 is 21.9 Å². The Balaban J connectivity index is 2.45. The lowest BCUT2D eigenvalue weighted by molar-refractivity contribution is 0.0378. The molecule has 2 atom stereocenters. The fraction of sp³-hybridized carbons (Fsp3) is 0.667. The molecule has 5 N–H and O–H groups in total. The molecule has 78 valence electrons. The molecule has 8 nitrogen and oxygen atoms in total. The molecule has 0 spiro atoms. The number of hydrogen-bond acceptors (Lipinski definition) is 6. The van der Waals surface area contributed by atoms with Crippen LogP contribution in [0.5, 0.6) is 0 Å². The van der Waals surface area contributed by atoms with Crippen molar-refractivity contribution < 1.29 is 4.74 Å². The van der Waals surface area contributed by atoms with E-state index in [4.69, 9.17) is 16.1 Å². The first-order valence-corrected chi connectivity index (χ1v) is 4.05. The summed E-state index contributed by atoms with van der Waals surface area (Å²) in [6.45, 7) is 1.87. The molecule has 1 heterocycles. The summed E-state index contributed by atoms with van der Waals surface area (Å²) in [6, 6.07) is 0. The van der Waals surface area contributed by atoms with E-state index >= 15 is 0 Å². The highest BCUT2D eigenvalue weighted by atomic mass is 16.5. The maximum absolute atomic E-state index is 8.06. The van der Waals surface area contributed by atoms with Crippen molar-refractivity contribution in [1.29, 1.82) is 0 Å². The first-order chi connectivity index (χ1) is 6.77. The molecule has 0 saturated heterocycles. The van der Waals surface area contributed by atoms with Gasteiger partial charge < -0.3 is 10.1 Å². The highest BCUT2D eigenvalue weighted by molar-refractivity contribution is 5.07. The van der Waals surface area contributed by atoms with Gasteiger partial charge in [0.25, 0.3) is 0 Å². The van der Waals surface area contributed by atoms with E-state index in [0.29, 0.717) is 0 Å². The van der Waals surface area contributed by atoms with Gasteiger partial charge in [0.15, 0.2) is 0 Å². The van der Waals surface area contributed by atoms with Crippen LogP contribution in [0, 0.1) is 0 Å². The minimum Gasteiger partial charge on any atom is -0.363 e. The van der Waals surface area contributed by atoms with Gasteiger partial charge in [-0.25, -0.2) is 5.43 Å². The predicted octanol–water partition coefficient (Wildman–Crippen LogP) is -0.560. The average Bonchev–Trinajstić information content (AvgIpc) is 2.21. The molecule has 0 aliphatic carbocycles. The van der Waals surface area contributed by atoms with Crippen molar-refractivity contribution >= 4 is 0 Å². The van der Waals surface area contributed by atoms with Crippen LogP contribution in [-0.2, 0) is 4.74 Å². The van der Waals surface area contributed by atoms with Crippen LogP contribution in [0.2, 0.25) is 0 Å². The van der Waals surface area contributed by atoms with Crippen LogP contribution in [-0.4, -0.2) is 19.2 Å². The van der Waals surface area contributed by atoms with Crippen LogP contribution in [0.25, 0.3) is 10.4 Å². The summed E-state index contributed by atoms with van der Waals surface area (Å²) in [6.07, 6.45) is 1.22. The third-order valence-electron chi connectivity index (χ3n) is 1.74. The quantitative estimate of drug-likeness (QED) is 0.159. The van der Waals surface area contributed by atoms with Gasteiger partial charge in [-0.1, -0.05) is 5.11 Å². The minimum absolute atomic E-state index is 0.0172. The van der Waals surface area contributed by atoms with E-state index in [1.807, 2.05) is 6.92 Å². The molecule has 1 aliphatic rings. The number of nitrogens with zero attached hydrogens (tertiary/aromatic N) is 3. The summed E-state index contributed by atoms with van der Waals surface area (Å²) in [4.78, 5) is 2.58. The number of ether oxygens (including phenoxy) is 1. The number of hydrazine groups is 1. The Bertz CT molecular complexity index is 259. The van der Waals surface area contributed by atoms with Gasteiger partial charge in [-0.2, -0.15) is 0 Å². The van der Waals surface area contributed by atoms with E-state index in [9.17, 15) is 0 Å². The number of hydrogen-bond donors (Lipinski definition) is 4. The Hall–Kier alpha value is -1.31. The number of nitrogens with two attached hydrogens (primary N) is 1. The van der Waals surface area contributed by atoms with E-state index in [1.165, 1.54) is 0 Å². The third-order valence-corrected chi connectivity index (χ3v) is 1.74. The summed E-state index contributed by atoms with van der Waals surface area (Å²) in [7, 11) is 0. The summed E-state index contributed by atoms with van der Waals surface area (Å²) in [5, 5.41) is 9.21. The van der Waals surface area contributed by atoms with Gasteiger partial charge in [-0.15, -0.1) is 0 Å². The Morgan fingerprint density at radius 3 is 3.29 bits per heavy atom. The second-order valence-corrected chi connectivity index (χ2v) is 2.73. The van der Waals surface area contributed by atoms with Gasteiger partial charge in [0.05, 0.1) is 0 Å².